The van der Waals surface area contributed by atoms with Gasteiger partial charge in [-0.2, -0.15) is 15.1 Å². The second kappa shape index (κ2) is 11.7. The minimum Gasteiger partial charge on any atom is -0.480 e. The Labute approximate surface area is 213 Å². The topological polar surface area (TPSA) is 176 Å². The zero-order valence-corrected chi connectivity index (χ0v) is 21.4. The number of aromatic nitrogens is 4. The molecule has 0 amide bonds. The molecule has 0 saturated carbocycles. The molecule has 14 heteroatoms. The van der Waals surface area contributed by atoms with E-state index in [4.69, 9.17) is 19.5 Å². The van der Waals surface area contributed by atoms with E-state index in [1.54, 1.807) is 43.8 Å². The summed E-state index contributed by atoms with van der Waals surface area (Å²) >= 11 is 0. The number of hydrogen-bond donors (Lipinski definition) is 4. The maximum Gasteiger partial charge on any atom is 0.459 e. The number of nitrogens with two attached hydrogens (primary N) is 1. The molecule has 3 aromatic rings. The number of imidazole rings is 1. The molecule has 0 spiro atoms. The molecule has 13 nitrogen and oxygen atoms in total. The molecule has 198 valence electrons. The van der Waals surface area contributed by atoms with E-state index in [0.717, 1.165) is 0 Å². The third kappa shape index (κ3) is 6.63. The van der Waals surface area contributed by atoms with Crippen LogP contribution in [0.4, 0.5) is 11.8 Å². The Morgan fingerprint density at radius 3 is 2.81 bits per heavy atom. The van der Waals surface area contributed by atoms with Crippen LogP contribution in [0.15, 0.2) is 48.8 Å². The lowest BCUT2D eigenvalue weighted by Gasteiger charge is -2.23. The fraction of sp³-hybridized carbons (Fsp3) is 0.391. The number of anilines is 2. The molecule has 0 fully saturated rings. The van der Waals surface area contributed by atoms with Crippen LogP contribution >= 0.6 is 7.75 Å². The van der Waals surface area contributed by atoms with Gasteiger partial charge in [-0.15, -0.1) is 0 Å². The minimum absolute atomic E-state index is 0.0457. The van der Waals surface area contributed by atoms with Gasteiger partial charge in [-0.05, 0) is 25.5 Å². The molecule has 0 aliphatic heterocycles. The van der Waals surface area contributed by atoms with Gasteiger partial charge in [0.1, 0.15) is 11.8 Å². The lowest BCUT2D eigenvalue weighted by molar-refractivity contribution is -0.138. The normalized spacial score (nSPS) is 19.5. The van der Waals surface area contributed by atoms with E-state index in [9.17, 15) is 14.5 Å². The number of nitrogens with one attached hydrogen (secondary N) is 2. The summed E-state index contributed by atoms with van der Waals surface area (Å²) in [6.45, 7) is 2.45. The van der Waals surface area contributed by atoms with Gasteiger partial charge in [0.05, 0.1) is 25.6 Å². The largest absolute Gasteiger partial charge is 0.480 e. The summed E-state index contributed by atoms with van der Waals surface area (Å²) in [6, 6.07) is 7.21. The van der Waals surface area contributed by atoms with Gasteiger partial charge in [0.25, 0.3) is 0 Å². The number of rotatable bonds is 13. The van der Waals surface area contributed by atoms with Crippen LogP contribution < -0.4 is 20.7 Å². The average molecular weight is 532 g/mol. The molecule has 0 saturated heterocycles. The predicted octanol–water partition coefficient (Wildman–Crippen LogP) is 2.85. The number of fused-ring (bicyclic) bond motifs is 1. The number of hydrogen-bond acceptors (Lipinski definition) is 10. The molecule has 2 aromatic heterocycles. The van der Waals surface area contributed by atoms with Crippen molar-refractivity contribution in [3.63, 3.8) is 0 Å². The summed E-state index contributed by atoms with van der Waals surface area (Å²) in [5, 5.41) is 14.9. The molecule has 1 aliphatic rings. The Morgan fingerprint density at radius 2 is 2.08 bits per heavy atom. The molecule has 5 N–H and O–H groups in total. The summed E-state index contributed by atoms with van der Waals surface area (Å²) in [6.07, 6.45) is 6.23. The van der Waals surface area contributed by atoms with E-state index < -0.39 is 19.8 Å². The molecule has 1 aliphatic carbocycles. The van der Waals surface area contributed by atoms with E-state index in [0.29, 0.717) is 42.3 Å². The van der Waals surface area contributed by atoms with Gasteiger partial charge in [-0.3, -0.25) is 9.32 Å². The molecule has 1 aromatic carbocycles. The minimum atomic E-state index is -3.99. The molecular formula is C23H30N7O6P. The summed E-state index contributed by atoms with van der Waals surface area (Å²) in [5.74, 6) is -0.347. The lowest BCUT2D eigenvalue weighted by Crippen LogP contribution is -2.33. The SMILES string of the molecule is COCCNc1nc(N)nc2c1ncn2[C@H]1C=C[C@@H](CO[P@](=O)(NC(C)C(=O)O)Oc2ccccc2)C1. The number of nitrogen functional groups attached to an aromatic ring is 1. The second-order valence-electron chi connectivity index (χ2n) is 8.51. The van der Waals surface area contributed by atoms with Gasteiger partial charge in [0, 0.05) is 19.6 Å². The molecule has 2 heterocycles. The number of allylic oxidation sites excluding steroid dienone is 1. The van der Waals surface area contributed by atoms with Crippen molar-refractivity contribution in [2.24, 2.45) is 5.92 Å². The van der Waals surface area contributed by atoms with Crippen LogP contribution in [0.25, 0.3) is 11.2 Å². The number of carbonyl (C=O) groups is 1. The van der Waals surface area contributed by atoms with Crippen molar-refractivity contribution in [1.82, 2.24) is 24.6 Å². The Kier molecular flexibility index (Phi) is 8.39. The zero-order valence-electron chi connectivity index (χ0n) is 20.5. The quantitative estimate of drug-likeness (QED) is 0.144. The number of ether oxygens (including phenoxy) is 1. The zero-order chi connectivity index (χ0) is 26.4. The maximum absolute atomic E-state index is 13.4. The van der Waals surface area contributed by atoms with E-state index >= 15 is 0 Å². The standard InChI is InChI=1S/C23H30N7O6P/c1-15(22(31)32)29-37(33,36-18-6-4-3-5-7-18)35-13-16-8-9-17(12-16)30-14-26-19-20(25-10-11-34-2)27-23(24)28-21(19)30/h3-9,14-17H,10-13H2,1-2H3,(H,29,33)(H,31,32)(H3,24,25,27,28)/t15?,16-,17+,37-/m1/s1. The summed E-state index contributed by atoms with van der Waals surface area (Å²) in [5.41, 5.74) is 7.11. The fourth-order valence-electron chi connectivity index (χ4n) is 3.85. The van der Waals surface area contributed by atoms with E-state index in [-0.39, 0.29) is 24.5 Å². The van der Waals surface area contributed by atoms with Crippen molar-refractivity contribution < 1.29 is 28.3 Å². The summed E-state index contributed by atoms with van der Waals surface area (Å²) < 4.78 is 31.7. The van der Waals surface area contributed by atoms with Gasteiger partial charge in [-0.1, -0.05) is 30.4 Å². The first kappa shape index (κ1) is 26.6. The van der Waals surface area contributed by atoms with Gasteiger partial charge >= 0.3 is 13.7 Å². The molecule has 0 bridgehead atoms. The second-order valence-corrected chi connectivity index (χ2v) is 10.2. The molecule has 1 unspecified atom stereocenters. The van der Waals surface area contributed by atoms with Crippen LogP contribution in [-0.2, 0) is 18.6 Å². The predicted molar refractivity (Wildman–Crippen MR) is 137 cm³/mol. The molecular weight excluding hydrogens is 501 g/mol. The van der Waals surface area contributed by atoms with Gasteiger partial charge in [0.15, 0.2) is 17.0 Å². The van der Waals surface area contributed by atoms with Crippen molar-refractivity contribution >= 4 is 36.6 Å². The Hall–Kier alpha value is -3.51. The number of carboxylic acids is 1. The number of nitrogens with zero attached hydrogens (tertiary/aromatic N) is 4. The third-order valence-corrected chi connectivity index (χ3v) is 7.34. The van der Waals surface area contributed by atoms with Crippen molar-refractivity contribution in [3.8, 4) is 5.75 Å². The van der Waals surface area contributed by atoms with E-state index in [1.165, 1.54) is 6.92 Å². The van der Waals surface area contributed by atoms with E-state index in [2.05, 4.69) is 25.4 Å². The van der Waals surface area contributed by atoms with Crippen molar-refractivity contribution in [1.29, 1.82) is 0 Å². The average Bonchev–Trinajstić information content (AvgIpc) is 3.50. The highest BCUT2D eigenvalue weighted by Gasteiger charge is 2.33. The number of para-hydroxylation sites is 1. The van der Waals surface area contributed by atoms with Gasteiger partial charge in [-0.25, -0.2) is 9.55 Å². The molecule has 0 radical (unpaired) electrons. The first-order chi connectivity index (χ1) is 17.8. The third-order valence-electron chi connectivity index (χ3n) is 5.69. The van der Waals surface area contributed by atoms with Crippen LogP contribution in [0.5, 0.6) is 5.75 Å². The monoisotopic (exact) mass is 531 g/mol. The smallest absolute Gasteiger partial charge is 0.459 e. The molecule has 37 heavy (non-hydrogen) atoms. The van der Waals surface area contributed by atoms with Crippen LogP contribution in [0, 0.1) is 5.92 Å². The summed E-state index contributed by atoms with van der Waals surface area (Å²) in [7, 11) is -2.38. The number of benzene rings is 1. The van der Waals surface area contributed by atoms with Crippen molar-refractivity contribution in [3.05, 3.63) is 48.8 Å². The highest BCUT2D eigenvalue weighted by molar-refractivity contribution is 7.52. The number of aliphatic carboxylic acids is 1. The van der Waals surface area contributed by atoms with Crippen LogP contribution in [0.3, 0.4) is 0 Å². The van der Waals surface area contributed by atoms with E-state index in [1.807, 2.05) is 16.7 Å². The molecule has 4 rings (SSSR count). The Bertz CT molecular complexity index is 1300. The van der Waals surface area contributed by atoms with Crippen LogP contribution in [0.1, 0.15) is 19.4 Å². The van der Waals surface area contributed by atoms with Crippen LogP contribution in [0.2, 0.25) is 0 Å². The fourth-order valence-corrected chi connectivity index (χ4v) is 5.40. The first-order valence-electron chi connectivity index (χ1n) is 11.7. The summed E-state index contributed by atoms with van der Waals surface area (Å²) in [4.78, 5) is 24.4. The number of carboxylic acid groups (broad SMARTS) is 1. The van der Waals surface area contributed by atoms with Crippen molar-refractivity contribution in [2.75, 3.05) is 37.9 Å². The highest BCUT2D eigenvalue weighted by Crippen LogP contribution is 2.46. The highest BCUT2D eigenvalue weighted by atomic mass is 31.2. The van der Waals surface area contributed by atoms with Gasteiger partial charge in [0.2, 0.25) is 5.95 Å². The Balaban J connectivity index is 1.45. The lowest BCUT2D eigenvalue weighted by atomic mass is 10.1. The van der Waals surface area contributed by atoms with Crippen LogP contribution in [-0.4, -0.2) is 63.5 Å². The first-order valence-corrected chi connectivity index (χ1v) is 13.2. The maximum atomic E-state index is 13.4. The molecule has 4 atom stereocenters. The number of methoxy groups -OCH3 is 1. The Morgan fingerprint density at radius 1 is 1.30 bits per heavy atom. The van der Waals surface area contributed by atoms with Gasteiger partial charge < -0.3 is 30.0 Å². The van der Waals surface area contributed by atoms with Crippen molar-refractivity contribution in [2.45, 2.75) is 25.4 Å².